The van der Waals surface area contributed by atoms with E-state index in [1.165, 1.54) is 19.9 Å². The van der Waals surface area contributed by atoms with E-state index in [2.05, 4.69) is 5.32 Å². The van der Waals surface area contributed by atoms with Gasteiger partial charge in [-0.1, -0.05) is 19.9 Å². The van der Waals surface area contributed by atoms with Crippen molar-refractivity contribution < 1.29 is 41.7 Å². The molecule has 1 amide bonds. The average molecular weight is 501 g/mol. The maximum atomic E-state index is 12.0. The van der Waals surface area contributed by atoms with E-state index in [1.807, 2.05) is 13.8 Å². The van der Waals surface area contributed by atoms with Crippen molar-refractivity contribution in [1.82, 2.24) is 5.32 Å². The quantitative estimate of drug-likeness (QED) is 0.375. The number of sulfone groups is 1. The topological polar surface area (TPSA) is 160 Å². The SMILES string of the molecule is CC(=O)OC1[C@H](Oc2ccc(COC(=O)NCCS(C)(=O)=O)cc2N)OC(C(C)=O)[C@@H](C)[C@@H]1C. The number of anilines is 1. The summed E-state index contributed by atoms with van der Waals surface area (Å²) in [6.45, 7) is 6.26. The molecule has 1 fully saturated rings. The second-order valence-corrected chi connectivity index (χ2v) is 10.7. The molecule has 0 spiro atoms. The number of carbonyl (C=O) groups is 3. The third kappa shape index (κ3) is 7.87. The first-order valence-corrected chi connectivity index (χ1v) is 12.8. The number of amides is 1. The van der Waals surface area contributed by atoms with Gasteiger partial charge in [0.1, 0.15) is 28.3 Å². The van der Waals surface area contributed by atoms with Gasteiger partial charge in [-0.15, -0.1) is 0 Å². The molecule has 0 saturated carbocycles. The first kappa shape index (κ1) is 27.4. The van der Waals surface area contributed by atoms with Crippen molar-refractivity contribution in [3.8, 4) is 5.75 Å². The number of rotatable bonds is 9. The van der Waals surface area contributed by atoms with Gasteiger partial charge in [0.25, 0.3) is 0 Å². The van der Waals surface area contributed by atoms with Gasteiger partial charge in [0.05, 0.1) is 11.4 Å². The van der Waals surface area contributed by atoms with Crippen LogP contribution in [0.3, 0.4) is 0 Å². The summed E-state index contributed by atoms with van der Waals surface area (Å²) in [5.41, 5.74) is 6.88. The highest BCUT2D eigenvalue weighted by molar-refractivity contribution is 7.90. The van der Waals surface area contributed by atoms with Gasteiger partial charge in [0.15, 0.2) is 11.9 Å². The number of carbonyl (C=O) groups excluding carboxylic acids is 3. The van der Waals surface area contributed by atoms with Crippen molar-refractivity contribution in [2.75, 3.05) is 24.3 Å². The summed E-state index contributed by atoms with van der Waals surface area (Å²) in [7, 11) is -3.19. The largest absolute Gasteiger partial charge is 0.459 e. The van der Waals surface area contributed by atoms with E-state index in [-0.39, 0.29) is 48.0 Å². The van der Waals surface area contributed by atoms with Crippen LogP contribution in [0.25, 0.3) is 0 Å². The molecule has 0 bridgehead atoms. The van der Waals surface area contributed by atoms with Gasteiger partial charge in [0.2, 0.25) is 6.29 Å². The Morgan fingerprint density at radius 3 is 2.38 bits per heavy atom. The summed E-state index contributed by atoms with van der Waals surface area (Å²) in [5, 5.41) is 2.35. The first-order valence-electron chi connectivity index (χ1n) is 10.7. The van der Waals surface area contributed by atoms with Crippen LogP contribution in [0, 0.1) is 11.8 Å². The summed E-state index contributed by atoms with van der Waals surface area (Å²) >= 11 is 0. The number of ketones is 1. The normalized spacial score (nSPS) is 24.7. The number of alkyl carbamates (subject to hydrolysis) is 1. The summed E-state index contributed by atoms with van der Waals surface area (Å²) in [6.07, 6.45) is -2.21. The lowest BCUT2D eigenvalue weighted by molar-refractivity contribution is -0.241. The van der Waals surface area contributed by atoms with Crippen LogP contribution >= 0.6 is 0 Å². The molecule has 1 aromatic carbocycles. The van der Waals surface area contributed by atoms with Crippen LogP contribution in [0.15, 0.2) is 18.2 Å². The standard InChI is InChI=1S/C22H32N2O9S/c1-12-13(2)20(31-15(4)26)21(33-19(12)14(3)25)32-18-7-6-16(10-17(18)23)11-30-22(27)24-8-9-34(5,28)29/h6-7,10,12-13,19-21H,8-9,11,23H2,1-5H3,(H,24,27)/t12-,13-,19?,20?,21+/m0/s1. The minimum atomic E-state index is -3.19. The van der Waals surface area contributed by atoms with Gasteiger partial charge in [-0.05, 0) is 30.5 Å². The smallest absolute Gasteiger partial charge is 0.407 e. The number of hydrogen-bond donors (Lipinski definition) is 2. The van der Waals surface area contributed by atoms with Crippen molar-refractivity contribution in [2.24, 2.45) is 11.8 Å². The Morgan fingerprint density at radius 1 is 1.15 bits per heavy atom. The van der Waals surface area contributed by atoms with E-state index in [0.717, 1.165) is 6.26 Å². The average Bonchev–Trinajstić information content (AvgIpc) is 2.71. The first-order chi connectivity index (χ1) is 15.8. The number of hydrogen-bond acceptors (Lipinski definition) is 10. The van der Waals surface area contributed by atoms with Gasteiger partial charge in [-0.3, -0.25) is 9.59 Å². The van der Waals surface area contributed by atoms with E-state index >= 15 is 0 Å². The Labute approximate surface area is 199 Å². The lowest BCUT2D eigenvalue weighted by atomic mass is 9.82. The molecular formula is C22H32N2O9S. The van der Waals surface area contributed by atoms with Crippen LogP contribution in [0.1, 0.15) is 33.3 Å². The molecule has 3 N–H and O–H groups in total. The van der Waals surface area contributed by atoms with E-state index in [1.54, 1.807) is 12.1 Å². The molecule has 11 nitrogen and oxygen atoms in total. The molecule has 0 radical (unpaired) electrons. The molecule has 2 rings (SSSR count). The van der Waals surface area contributed by atoms with Gasteiger partial charge in [-0.25, -0.2) is 13.2 Å². The van der Waals surface area contributed by atoms with Crippen LogP contribution in [0.2, 0.25) is 0 Å². The number of nitrogens with two attached hydrogens (primary N) is 1. The summed E-state index contributed by atoms with van der Waals surface area (Å²) in [6, 6.07) is 4.71. The zero-order valence-corrected chi connectivity index (χ0v) is 20.7. The van der Waals surface area contributed by atoms with Crippen LogP contribution in [0.4, 0.5) is 10.5 Å². The number of esters is 1. The number of ether oxygens (including phenoxy) is 4. The maximum absolute atomic E-state index is 12.0. The predicted molar refractivity (Wildman–Crippen MR) is 123 cm³/mol. The molecule has 1 saturated heterocycles. The van der Waals surface area contributed by atoms with Gasteiger partial charge >= 0.3 is 12.1 Å². The van der Waals surface area contributed by atoms with Crippen molar-refractivity contribution in [2.45, 2.75) is 52.8 Å². The summed E-state index contributed by atoms with van der Waals surface area (Å²) in [4.78, 5) is 35.4. The van der Waals surface area contributed by atoms with Crippen molar-refractivity contribution >= 4 is 33.4 Å². The monoisotopic (exact) mass is 500 g/mol. The third-order valence-corrected chi connectivity index (χ3v) is 6.45. The molecule has 1 aliphatic heterocycles. The van der Waals surface area contributed by atoms with Crippen molar-refractivity contribution in [1.29, 1.82) is 0 Å². The van der Waals surface area contributed by atoms with Crippen LogP contribution in [-0.2, 0) is 40.2 Å². The molecule has 5 atom stereocenters. The molecule has 2 unspecified atom stereocenters. The number of Topliss-reactive ketones (excluding diaryl/α,β-unsaturated/α-hetero) is 1. The van der Waals surface area contributed by atoms with Crippen LogP contribution in [-0.4, -0.2) is 63.3 Å². The highest BCUT2D eigenvalue weighted by atomic mass is 32.2. The Bertz CT molecular complexity index is 1010. The summed E-state index contributed by atoms with van der Waals surface area (Å²) < 4.78 is 44.4. The Hall–Kier alpha value is -2.86. The van der Waals surface area contributed by atoms with Gasteiger partial charge in [-0.2, -0.15) is 0 Å². The highest BCUT2D eigenvalue weighted by Crippen LogP contribution is 2.35. The summed E-state index contributed by atoms with van der Waals surface area (Å²) in [5.74, 6) is -1.02. The maximum Gasteiger partial charge on any atom is 0.407 e. The predicted octanol–water partition coefficient (Wildman–Crippen LogP) is 1.44. The Balaban J connectivity index is 2.05. The zero-order valence-electron chi connectivity index (χ0n) is 19.9. The van der Waals surface area contributed by atoms with Gasteiger partial charge in [0, 0.05) is 25.6 Å². The molecule has 0 aliphatic carbocycles. The molecule has 1 aliphatic rings. The fraction of sp³-hybridized carbons (Fsp3) is 0.591. The van der Waals surface area contributed by atoms with Crippen molar-refractivity contribution in [3.63, 3.8) is 0 Å². The van der Waals surface area contributed by atoms with E-state index in [4.69, 9.17) is 24.7 Å². The minimum Gasteiger partial charge on any atom is -0.459 e. The molecule has 0 aromatic heterocycles. The minimum absolute atomic E-state index is 0.0598. The van der Waals surface area contributed by atoms with E-state index in [9.17, 15) is 22.8 Å². The Kier molecular flexibility index (Phi) is 9.28. The second-order valence-electron chi connectivity index (χ2n) is 8.45. The fourth-order valence-electron chi connectivity index (χ4n) is 3.54. The molecule has 190 valence electrons. The lowest BCUT2D eigenvalue weighted by Crippen LogP contribution is -2.55. The molecule has 12 heteroatoms. The van der Waals surface area contributed by atoms with Crippen LogP contribution in [0.5, 0.6) is 5.75 Å². The zero-order chi connectivity index (χ0) is 25.6. The number of nitrogen functional groups attached to an aromatic ring is 1. The fourth-order valence-corrected chi connectivity index (χ4v) is 4.02. The second kappa shape index (κ2) is 11.5. The molecule has 1 aromatic rings. The van der Waals surface area contributed by atoms with E-state index < -0.39 is 40.4 Å². The third-order valence-electron chi connectivity index (χ3n) is 5.51. The number of nitrogens with one attached hydrogen (secondary N) is 1. The lowest BCUT2D eigenvalue weighted by Gasteiger charge is -2.42. The number of benzene rings is 1. The van der Waals surface area contributed by atoms with Crippen LogP contribution < -0.4 is 15.8 Å². The van der Waals surface area contributed by atoms with E-state index in [0.29, 0.717) is 5.56 Å². The highest BCUT2D eigenvalue weighted by Gasteiger charge is 2.46. The van der Waals surface area contributed by atoms with Gasteiger partial charge < -0.3 is 30.0 Å². The Morgan fingerprint density at radius 2 is 1.82 bits per heavy atom. The molecule has 34 heavy (non-hydrogen) atoms. The molecule has 1 heterocycles. The van der Waals surface area contributed by atoms with Crippen molar-refractivity contribution in [3.05, 3.63) is 23.8 Å². The molecular weight excluding hydrogens is 468 g/mol.